The third-order valence-corrected chi connectivity index (χ3v) is 10.3. The molecule has 3 saturated carbocycles. The zero-order valence-electron chi connectivity index (χ0n) is 23.1. The molecule has 0 amide bonds. The first-order chi connectivity index (χ1) is 18.5. The molecule has 1 aromatic carbocycles. The lowest BCUT2D eigenvalue weighted by atomic mass is 9.44. The molecule has 1 aromatic rings. The summed E-state index contributed by atoms with van der Waals surface area (Å²) >= 11 is 0. The van der Waals surface area contributed by atoms with Crippen LogP contribution in [0.2, 0.25) is 0 Å². The molecule has 3 fully saturated rings. The fourth-order valence-corrected chi connectivity index (χ4v) is 8.58. The Labute approximate surface area is 229 Å². The zero-order valence-corrected chi connectivity index (χ0v) is 23.1. The molecule has 0 heterocycles. The van der Waals surface area contributed by atoms with Crippen molar-refractivity contribution in [1.29, 1.82) is 0 Å². The number of rotatable bonds is 6. The SMILES string of the molecule is CCC(=O)OCC(=O)[C@@]1(OC(=O)c2ccccc2)CC[C@H]2[C@@H]3C[C@H](C)C4=CC(=O)C=C[C@]4(C)[C@H]3[C@@H](O)C[C@@]21C. The van der Waals surface area contributed by atoms with Crippen LogP contribution in [0.4, 0.5) is 0 Å². The minimum absolute atomic E-state index is 0.00727. The summed E-state index contributed by atoms with van der Waals surface area (Å²) in [6, 6.07) is 8.56. The largest absolute Gasteiger partial charge is 0.457 e. The summed E-state index contributed by atoms with van der Waals surface area (Å²) in [5.74, 6) is -1.52. The van der Waals surface area contributed by atoms with Gasteiger partial charge in [0, 0.05) is 23.2 Å². The number of allylic oxidation sites excluding steroid dienone is 4. The quantitative estimate of drug-likeness (QED) is 0.531. The number of carbonyl (C=O) groups is 4. The highest BCUT2D eigenvalue weighted by Gasteiger charge is 2.70. The molecular formula is C32H38O7. The van der Waals surface area contributed by atoms with E-state index in [2.05, 4.69) is 13.8 Å². The van der Waals surface area contributed by atoms with E-state index in [1.54, 1.807) is 49.4 Å². The van der Waals surface area contributed by atoms with Gasteiger partial charge < -0.3 is 14.6 Å². The minimum Gasteiger partial charge on any atom is -0.457 e. The number of ether oxygens (including phenoxy) is 2. The highest BCUT2D eigenvalue weighted by molar-refractivity contribution is 6.01. The Bertz CT molecular complexity index is 1250. The molecule has 0 saturated heterocycles. The van der Waals surface area contributed by atoms with Gasteiger partial charge in [0.25, 0.3) is 0 Å². The average molecular weight is 535 g/mol. The number of ketones is 2. The molecule has 7 heteroatoms. The van der Waals surface area contributed by atoms with E-state index in [-0.39, 0.29) is 42.3 Å². The minimum atomic E-state index is -1.54. The van der Waals surface area contributed by atoms with Gasteiger partial charge in [-0.25, -0.2) is 4.79 Å². The first kappa shape index (κ1) is 27.5. The summed E-state index contributed by atoms with van der Waals surface area (Å²) < 4.78 is 11.5. The second-order valence-electron chi connectivity index (χ2n) is 12.3. The van der Waals surface area contributed by atoms with Crippen molar-refractivity contribution in [2.45, 2.75) is 71.5 Å². The number of carbonyl (C=O) groups excluding carboxylic acids is 4. The van der Waals surface area contributed by atoms with Crippen LogP contribution in [0.15, 0.2) is 54.1 Å². The summed E-state index contributed by atoms with van der Waals surface area (Å²) in [4.78, 5) is 51.6. The maximum absolute atomic E-state index is 14.0. The number of fused-ring (bicyclic) bond motifs is 5. The van der Waals surface area contributed by atoms with Gasteiger partial charge in [-0.2, -0.15) is 0 Å². The van der Waals surface area contributed by atoms with Crippen LogP contribution in [-0.2, 0) is 23.9 Å². The normalized spacial score (nSPS) is 38.6. The fraction of sp³-hybridized carbons (Fsp3) is 0.562. The van der Waals surface area contributed by atoms with Crippen LogP contribution in [0.25, 0.3) is 0 Å². The van der Waals surface area contributed by atoms with Crippen LogP contribution in [0.3, 0.4) is 0 Å². The van der Waals surface area contributed by atoms with Gasteiger partial charge in [0.1, 0.15) is 0 Å². The fourth-order valence-electron chi connectivity index (χ4n) is 8.58. The van der Waals surface area contributed by atoms with Crippen molar-refractivity contribution >= 4 is 23.5 Å². The van der Waals surface area contributed by atoms with Gasteiger partial charge in [-0.3, -0.25) is 14.4 Å². The summed E-state index contributed by atoms with van der Waals surface area (Å²) in [6.45, 7) is 7.36. The van der Waals surface area contributed by atoms with E-state index in [9.17, 15) is 24.3 Å². The predicted octanol–water partition coefficient (Wildman–Crippen LogP) is 4.63. The molecule has 5 rings (SSSR count). The van der Waals surface area contributed by atoms with Crippen molar-refractivity contribution in [2.24, 2.45) is 34.5 Å². The number of esters is 2. The Kier molecular flexibility index (Phi) is 6.94. The summed E-state index contributed by atoms with van der Waals surface area (Å²) in [6.07, 6.45) is 6.61. The lowest BCUT2D eigenvalue weighted by molar-refractivity contribution is -0.183. The zero-order chi connectivity index (χ0) is 28.2. The van der Waals surface area contributed by atoms with Crippen molar-refractivity contribution < 1.29 is 33.8 Å². The van der Waals surface area contributed by atoms with E-state index in [4.69, 9.17) is 9.47 Å². The number of hydrogen-bond donors (Lipinski definition) is 1. The number of benzene rings is 1. The number of aliphatic hydroxyl groups excluding tert-OH is 1. The first-order valence-electron chi connectivity index (χ1n) is 14.1. The second kappa shape index (κ2) is 9.84. The van der Waals surface area contributed by atoms with E-state index in [1.807, 2.05) is 13.0 Å². The molecule has 1 N–H and O–H groups in total. The van der Waals surface area contributed by atoms with Crippen molar-refractivity contribution in [1.82, 2.24) is 0 Å². The van der Waals surface area contributed by atoms with Gasteiger partial charge in [-0.15, -0.1) is 0 Å². The molecule has 0 spiro atoms. The van der Waals surface area contributed by atoms with Crippen LogP contribution in [0, 0.1) is 34.5 Å². The standard InChI is InChI=1S/C32H38O7/c1-5-27(36)38-18-26(35)32(39-29(37)20-9-7-6-8-10-20)14-12-23-22-15-19(2)24-16-21(33)11-13-30(24,3)28(22)25(34)17-31(23,32)4/h6-11,13,16,19,22-23,25,28,34H,5,12,14-15,17-18H2,1-4H3/t19-,22-,23-,25-,28+,30-,31-,32-/m0/s1. The molecule has 4 aliphatic rings. The molecule has 0 unspecified atom stereocenters. The smallest absolute Gasteiger partial charge is 0.339 e. The van der Waals surface area contributed by atoms with E-state index in [0.29, 0.717) is 18.4 Å². The molecule has 8 atom stereocenters. The van der Waals surface area contributed by atoms with Crippen molar-refractivity contribution in [3.63, 3.8) is 0 Å². The third kappa shape index (κ3) is 4.21. The molecule has 0 aromatic heterocycles. The van der Waals surface area contributed by atoms with Gasteiger partial charge in [-0.05, 0) is 67.7 Å². The molecule has 0 radical (unpaired) electrons. The van der Waals surface area contributed by atoms with Crippen LogP contribution in [-0.4, -0.2) is 46.9 Å². The lowest BCUT2D eigenvalue weighted by Crippen LogP contribution is -2.63. The summed E-state index contributed by atoms with van der Waals surface area (Å²) in [5.41, 5.74) is -1.48. The topological polar surface area (TPSA) is 107 Å². The summed E-state index contributed by atoms with van der Waals surface area (Å²) in [5, 5.41) is 11.8. The molecule has 208 valence electrons. The number of Topliss-reactive ketones (excluding diaryl/α,β-unsaturated/α-hetero) is 1. The molecular weight excluding hydrogens is 496 g/mol. The van der Waals surface area contributed by atoms with E-state index < -0.39 is 46.9 Å². The molecule has 4 aliphatic carbocycles. The Morgan fingerprint density at radius 2 is 1.85 bits per heavy atom. The average Bonchev–Trinajstić information content (AvgIpc) is 3.20. The maximum Gasteiger partial charge on any atom is 0.339 e. The Hall–Kier alpha value is -3.06. The van der Waals surface area contributed by atoms with Gasteiger partial charge in [0.15, 0.2) is 18.0 Å². The molecule has 0 aliphatic heterocycles. The van der Waals surface area contributed by atoms with Crippen LogP contribution in [0.5, 0.6) is 0 Å². The van der Waals surface area contributed by atoms with Crippen molar-refractivity contribution in [2.75, 3.05) is 6.61 Å². The van der Waals surface area contributed by atoms with Gasteiger partial charge >= 0.3 is 11.9 Å². The third-order valence-electron chi connectivity index (χ3n) is 10.3. The monoisotopic (exact) mass is 534 g/mol. The molecule has 0 bridgehead atoms. The highest BCUT2D eigenvalue weighted by Crippen LogP contribution is 2.68. The van der Waals surface area contributed by atoms with E-state index >= 15 is 0 Å². The van der Waals surface area contributed by atoms with Crippen molar-refractivity contribution in [3.8, 4) is 0 Å². The van der Waals surface area contributed by atoms with Gasteiger partial charge in [-0.1, -0.05) is 57.5 Å². The number of aliphatic hydroxyl groups is 1. The first-order valence-corrected chi connectivity index (χ1v) is 14.1. The Balaban J connectivity index is 1.54. The number of hydrogen-bond acceptors (Lipinski definition) is 7. The second-order valence-corrected chi connectivity index (χ2v) is 12.3. The lowest BCUT2D eigenvalue weighted by Gasteiger charge is -2.61. The summed E-state index contributed by atoms with van der Waals surface area (Å²) in [7, 11) is 0. The van der Waals surface area contributed by atoms with E-state index in [0.717, 1.165) is 12.0 Å². The van der Waals surface area contributed by atoms with Gasteiger partial charge in [0.2, 0.25) is 5.78 Å². The Morgan fingerprint density at radius 1 is 1.13 bits per heavy atom. The van der Waals surface area contributed by atoms with Crippen LogP contribution < -0.4 is 0 Å². The van der Waals surface area contributed by atoms with Crippen LogP contribution >= 0.6 is 0 Å². The van der Waals surface area contributed by atoms with Crippen LogP contribution in [0.1, 0.15) is 70.2 Å². The Morgan fingerprint density at radius 3 is 2.54 bits per heavy atom. The molecule has 39 heavy (non-hydrogen) atoms. The maximum atomic E-state index is 14.0. The predicted molar refractivity (Wildman–Crippen MR) is 143 cm³/mol. The van der Waals surface area contributed by atoms with E-state index in [1.165, 1.54) is 0 Å². The molecule has 7 nitrogen and oxygen atoms in total. The highest BCUT2D eigenvalue weighted by atomic mass is 16.6. The van der Waals surface area contributed by atoms with Crippen molar-refractivity contribution in [3.05, 3.63) is 59.7 Å². The van der Waals surface area contributed by atoms with Gasteiger partial charge in [0.05, 0.1) is 11.7 Å².